The summed E-state index contributed by atoms with van der Waals surface area (Å²) >= 11 is 7.16. The molecule has 1 aromatic heterocycles. The Morgan fingerprint density at radius 2 is 1.78 bits per heavy atom. The first-order valence-corrected chi connectivity index (χ1v) is 12.9. The zero-order chi connectivity index (χ0) is 25.2. The monoisotopic (exact) mass is 521 g/mol. The summed E-state index contributed by atoms with van der Waals surface area (Å²) in [6.45, 7) is 1.73. The van der Waals surface area contributed by atoms with Gasteiger partial charge in [-0.25, -0.2) is 4.79 Å². The number of amides is 1. The Labute approximate surface area is 218 Å². The minimum Gasteiger partial charge on any atom is -0.496 e. The van der Waals surface area contributed by atoms with E-state index < -0.39 is 17.3 Å². The molecule has 4 aromatic rings. The van der Waals surface area contributed by atoms with Crippen molar-refractivity contribution in [2.45, 2.75) is 31.8 Å². The number of benzene rings is 3. The Kier molecular flexibility index (Phi) is 6.99. The molecular weight excluding hydrogens is 497 g/mol. The van der Waals surface area contributed by atoms with E-state index in [1.54, 1.807) is 26.2 Å². The van der Waals surface area contributed by atoms with Crippen molar-refractivity contribution in [3.8, 4) is 27.3 Å². The van der Waals surface area contributed by atoms with E-state index in [-0.39, 0.29) is 0 Å². The van der Waals surface area contributed by atoms with Gasteiger partial charge in [-0.3, -0.25) is 5.32 Å². The van der Waals surface area contributed by atoms with E-state index in [1.807, 2.05) is 30.3 Å². The lowest BCUT2D eigenvalue weighted by Crippen LogP contribution is -2.16. The summed E-state index contributed by atoms with van der Waals surface area (Å²) < 4.78 is 25.5. The van der Waals surface area contributed by atoms with E-state index in [9.17, 15) is 9.18 Å². The fourth-order valence-corrected chi connectivity index (χ4v) is 5.38. The molecular formula is C29H25ClFNO3S. The average molecular weight is 522 g/mol. The number of carbonyl (C=O) groups excluding carboxylic acids is 1. The van der Waals surface area contributed by atoms with Crippen molar-refractivity contribution in [3.63, 3.8) is 0 Å². The van der Waals surface area contributed by atoms with Gasteiger partial charge in [0.2, 0.25) is 0 Å². The summed E-state index contributed by atoms with van der Waals surface area (Å²) in [5.41, 5.74) is 5.12. The van der Waals surface area contributed by atoms with Crippen molar-refractivity contribution in [2.24, 2.45) is 0 Å². The molecule has 1 saturated carbocycles. The predicted octanol–water partition coefficient (Wildman–Crippen LogP) is 9.07. The Bertz CT molecular complexity index is 1400. The van der Waals surface area contributed by atoms with Gasteiger partial charge in [-0.1, -0.05) is 66.2 Å². The highest BCUT2D eigenvalue weighted by Gasteiger charge is 2.23. The summed E-state index contributed by atoms with van der Waals surface area (Å²) in [4.78, 5) is 13.2. The number of nitrogens with one attached hydrogen (secondary N) is 1. The molecule has 4 nitrogen and oxygen atoms in total. The summed E-state index contributed by atoms with van der Waals surface area (Å²) in [6.07, 6.45) is 1.26. The highest BCUT2D eigenvalue weighted by atomic mass is 35.5. The summed E-state index contributed by atoms with van der Waals surface area (Å²) in [5.74, 6) is 1.36. The van der Waals surface area contributed by atoms with Gasteiger partial charge >= 0.3 is 6.09 Å². The summed E-state index contributed by atoms with van der Waals surface area (Å²) in [7, 11) is 1.61. The van der Waals surface area contributed by atoms with Gasteiger partial charge in [0.15, 0.2) is 5.13 Å². The lowest BCUT2D eigenvalue weighted by molar-refractivity contribution is 0.121. The first kappa shape index (κ1) is 24.3. The molecule has 0 bridgehead atoms. The average Bonchev–Trinajstić information content (AvgIpc) is 3.66. The smallest absolute Gasteiger partial charge is 0.412 e. The molecule has 1 fully saturated rings. The normalized spacial score (nSPS) is 13.8. The number of rotatable bonds is 7. The fraction of sp³-hybridized carbons (Fsp3) is 0.207. The number of hydrogen-bond donors (Lipinski definition) is 1. The number of hydrogen-bond acceptors (Lipinski definition) is 4. The molecule has 1 aliphatic rings. The van der Waals surface area contributed by atoms with Crippen molar-refractivity contribution in [3.05, 3.63) is 94.1 Å². The maximum atomic E-state index is 14.3. The molecule has 5 rings (SSSR count). The van der Waals surface area contributed by atoms with Crippen molar-refractivity contribution in [1.29, 1.82) is 0 Å². The predicted molar refractivity (Wildman–Crippen MR) is 144 cm³/mol. The standard InChI is InChI=1S/C29H25ClFNO3S/c1-17(22-5-3-4-6-24(22)30)35-29(33)32-25-16-27(31)36-28(25)21-13-14-23(26(15-21)34-2)20-11-9-19(10-12-20)18-7-8-18/h3-6,9-18H,7-8H2,1-2H3,(H,32,33)/t17-/m1/s1. The molecule has 3 aromatic carbocycles. The van der Waals surface area contributed by atoms with Crippen molar-refractivity contribution >= 4 is 34.7 Å². The number of methoxy groups -OCH3 is 1. The maximum absolute atomic E-state index is 14.3. The summed E-state index contributed by atoms with van der Waals surface area (Å²) in [6, 6.07) is 22.7. The Morgan fingerprint density at radius 3 is 2.47 bits per heavy atom. The van der Waals surface area contributed by atoms with Crippen LogP contribution in [0.5, 0.6) is 5.75 Å². The largest absolute Gasteiger partial charge is 0.496 e. The van der Waals surface area contributed by atoms with Crippen LogP contribution in [0.15, 0.2) is 72.8 Å². The number of halogens is 2. The topological polar surface area (TPSA) is 47.6 Å². The highest BCUT2D eigenvalue weighted by molar-refractivity contribution is 7.14. The van der Waals surface area contributed by atoms with Gasteiger partial charge < -0.3 is 9.47 Å². The molecule has 0 unspecified atom stereocenters. The molecule has 0 aliphatic heterocycles. The second-order valence-electron chi connectivity index (χ2n) is 8.80. The second-order valence-corrected chi connectivity index (χ2v) is 10.2. The Balaban J connectivity index is 1.36. The van der Waals surface area contributed by atoms with Crippen LogP contribution in [-0.4, -0.2) is 13.2 Å². The SMILES string of the molecule is COc1cc(-c2sc(F)cc2NC(=O)O[C@H](C)c2ccccc2Cl)ccc1-c1ccc(C2CC2)cc1. The van der Waals surface area contributed by atoms with Crippen LogP contribution in [0.4, 0.5) is 14.9 Å². The third-order valence-electron chi connectivity index (χ3n) is 6.30. The van der Waals surface area contributed by atoms with Gasteiger partial charge in [-0.05, 0) is 54.5 Å². The van der Waals surface area contributed by atoms with Gasteiger partial charge in [0.05, 0.1) is 17.7 Å². The van der Waals surface area contributed by atoms with Crippen molar-refractivity contribution in [1.82, 2.24) is 0 Å². The number of ether oxygens (including phenoxy) is 2. The van der Waals surface area contributed by atoms with Crippen molar-refractivity contribution in [2.75, 3.05) is 12.4 Å². The minimum absolute atomic E-state index is 0.331. The van der Waals surface area contributed by atoms with Crippen LogP contribution in [0.1, 0.15) is 42.9 Å². The first-order chi connectivity index (χ1) is 17.4. The van der Waals surface area contributed by atoms with E-state index in [2.05, 4.69) is 29.6 Å². The van der Waals surface area contributed by atoms with Crippen LogP contribution < -0.4 is 10.1 Å². The molecule has 0 saturated heterocycles. The van der Waals surface area contributed by atoms with Crippen LogP contribution in [0, 0.1) is 5.13 Å². The molecule has 0 spiro atoms. The Hall–Kier alpha value is -3.35. The quantitative estimate of drug-likeness (QED) is 0.264. The van der Waals surface area contributed by atoms with Crippen molar-refractivity contribution < 1.29 is 18.7 Å². The third kappa shape index (κ3) is 5.25. The highest BCUT2D eigenvalue weighted by Crippen LogP contribution is 2.43. The molecule has 1 N–H and O–H groups in total. The number of thiophene rings is 1. The molecule has 1 heterocycles. The first-order valence-electron chi connectivity index (χ1n) is 11.7. The van der Waals surface area contributed by atoms with Crippen LogP contribution in [0.3, 0.4) is 0 Å². The molecule has 184 valence electrons. The van der Waals surface area contributed by atoms with E-state index in [0.29, 0.717) is 32.8 Å². The molecule has 1 aliphatic carbocycles. The maximum Gasteiger partial charge on any atom is 0.412 e. The number of carbonyl (C=O) groups is 1. The van der Waals surface area contributed by atoms with E-state index in [1.165, 1.54) is 24.5 Å². The lowest BCUT2D eigenvalue weighted by Gasteiger charge is -2.16. The zero-order valence-corrected chi connectivity index (χ0v) is 21.5. The van der Waals surface area contributed by atoms with E-state index in [0.717, 1.165) is 28.0 Å². The third-order valence-corrected chi connectivity index (χ3v) is 7.62. The number of anilines is 1. The van der Waals surface area contributed by atoms with Gasteiger partial charge in [-0.2, -0.15) is 4.39 Å². The summed E-state index contributed by atoms with van der Waals surface area (Å²) in [5, 5.41) is 2.77. The van der Waals surface area contributed by atoms with Crippen LogP contribution in [0.2, 0.25) is 5.02 Å². The minimum atomic E-state index is -0.694. The van der Waals surface area contributed by atoms with Gasteiger partial charge in [0.25, 0.3) is 0 Å². The van der Waals surface area contributed by atoms with Crippen LogP contribution in [-0.2, 0) is 4.74 Å². The molecule has 7 heteroatoms. The molecule has 0 radical (unpaired) electrons. The fourth-order valence-electron chi connectivity index (χ4n) is 4.26. The van der Waals surface area contributed by atoms with Gasteiger partial charge in [0, 0.05) is 22.2 Å². The molecule has 1 amide bonds. The van der Waals surface area contributed by atoms with E-state index >= 15 is 0 Å². The van der Waals surface area contributed by atoms with Gasteiger partial charge in [-0.15, -0.1) is 11.3 Å². The van der Waals surface area contributed by atoms with Crippen LogP contribution >= 0.6 is 22.9 Å². The second kappa shape index (κ2) is 10.3. The zero-order valence-electron chi connectivity index (χ0n) is 19.9. The molecule has 36 heavy (non-hydrogen) atoms. The van der Waals surface area contributed by atoms with E-state index in [4.69, 9.17) is 21.1 Å². The Morgan fingerprint density at radius 1 is 1.06 bits per heavy atom. The lowest BCUT2D eigenvalue weighted by atomic mass is 9.99. The molecule has 1 atom stereocenters. The van der Waals surface area contributed by atoms with Gasteiger partial charge in [0.1, 0.15) is 11.9 Å². The van der Waals surface area contributed by atoms with Crippen LogP contribution in [0.25, 0.3) is 21.6 Å².